The first-order valence-electron chi connectivity index (χ1n) is 9.56. The Morgan fingerprint density at radius 2 is 1.80 bits per heavy atom. The highest BCUT2D eigenvalue weighted by atomic mass is 16.5. The van der Waals surface area contributed by atoms with Crippen molar-refractivity contribution in [2.75, 3.05) is 7.11 Å². The van der Waals surface area contributed by atoms with Crippen LogP contribution < -0.4 is 4.74 Å². The average Bonchev–Trinajstić information content (AvgIpc) is 2.56. The van der Waals surface area contributed by atoms with Crippen molar-refractivity contribution >= 4 is 0 Å². The molecule has 25 heavy (non-hydrogen) atoms. The van der Waals surface area contributed by atoms with Gasteiger partial charge in [-0.25, -0.2) is 0 Å². The van der Waals surface area contributed by atoms with Gasteiger partial charge in [-0.05, 0) is 71.1 Å². The van der Waals surface area contributed by atoms with Crippen molar-refractivity contribution in [3.8, 4) is 11.5 Å². The summed E-state index contributed by atoms with van der Waals surface area (Å²) in [4.78, 5) is 0. The summed E-state index contributed by atoms with van der Waals surface area (Å²) in [5.41, 5.74) is 6.14. The molecule has 1 aromatic carbocycles. The van der Waals surface area contributed by atoms with Crippen molar-refractivity contribution in [1.29, 1.82) is 0 Å². The normalized spacial score (nSPS) is 11.9. The van der Waals surface area contributed by atoms with Gasteiger partial charge >= 0.3 is 0 Å². The second kappa shape index (κ2) is 11.0. The lowest BCUT2D eigenvalue weighted by atomic mass is 9.96. The average molecular weight is 345 g/mol. The minimum atomic E-state index is 0.363. The number of unbranched alkanes of at least 4 members (excludes halogenated alkanes) is 2. The second-order valence-corrected chi connectivity index (χ2v) is 7.31. The molecule has 0 spiro atoms. The molecule has 0 aliphatic rings. The highest BCUT2D eigenvalue weighted by molar-refractivity contribution is 5.49. The predicted molar refractivity (Wildman–Crippen MR) is 109 cm³/mol. The van der Waals surface area contributed by atoms with Gasteiger partial charge < -0.3 is 9.84 Å². The minimum absolute atomic E-state index is 0.363. The van der Waals surface area contributed by atoms with E-state index in [1.165, 1.54) is 29.6 Å². The van der Waals surface area contributed by atoms with E-state index in [0.29, 0.717) is 5.75 Å². The number of hydrogen-bond acceptors (Lipinski definition) is 2. The summed E-state index contributed by atoms with van der Waals surface area (Å²) < 4.78 is 5.57. The largest absolute Gasteiger partial charge is 0.508 e. The van der Waals surface area contributed by atoms with Gasteiger partial charge in [-0.1, -0.05) is 42.6 Å². The molecule has 0 aliphatic carbocycles. The first kappa shape index (κ1) is 21.3. The van der Waals surface area contributed by atoms with Crippen LogP contribution in [-0.2, 0) is 12.8 Å². The molecule has 0 radical (unpaired) electrons. The molecule has 0 aromatic heterocycles. The molecule has 0 saturated carbocycles. The van der Waals surface area contributed by atoms with Gasteiger partial charge in [0, 0.05) is 12.0 Å². The van der Waals surface area contributed by atoms with Gasteiger partial charge in [0.2, 0.25) is 0 Å². The van der Waals surface area contributed by atoms with E-state index in [-0.39, 0.29) is 0 Å². The number of aromatic hydroxyl groups is 1. The van der Waals surface area contributed by atoms with Crippen LogP contribution in [-0.4, -0.2) is 12.2 Å². The lowest BCUT2D eigenvalue weighted by Gasteiger charge is -2.15. The molecular formula is C23H36O2. The summed E-state index contributed by atoms with van der Waals surface area (Å²) in [5.74, 6) is 1.17. The van der Waals surface area contributed by atoms with Crippen LogP contribution in [0.5, 0.6) is 11.5 Å². The monoisotopic (exact) mass is 344 g/mol. The summed E-state index contributed by atoms with van der Waals surface area (Å²) in [7, 11) is 1.69. The van der Waals surface area contributed by atoms with Gasteiger partial charge in [0.15, 0.2) is 0 Å². The number of hydrogen-bond donors (Lipinski definition) is 1. The maximum absolute atomic E-state index is 10.5. The molecular weight excluding hydrogens is 308 g/mol. The van der Waals surface area contributed by atoms with E-state index in [4.69, 9.17) is 4.74 Å². The summed E-state index contributed by atoms with van der Waals surface area (Å²) >= 11 is 0. The Bertz CT molecular complexity index is 605. The summed E-state index contributed by atoms with van der Waals surface area (Å²) in [6, 6.07) is 4.01. The standard InChI is InChI=1S/C23H36O2/c1-7-8-9-13-20-15-22(24)21(23(16-20)25-6)14-19(5)18(4)12-10-11-17(2)3/h11,15-16,24H,7-10,12-14H2,1-6H3/b19-18+. The van der Waals surface area contributed by atoms with E-state index < -0.39 is 0 Å². The topological polar surface area (TPSA) is 29.5 Å². The fourth-order valence-corrected chi connectivity index (χ4v) is 2.98. The highest BCUT2D eigenvalue weighted by Gasteiger charge is 2.13. The maximum atomic E-state index is 10.5. The smallest absolute Gasteiger partial charge is 0.126 e. The van der Waals surface area contributed by atoms with Crippen LogP contribution >= 0.6 is 0 Å². The number of benzene rings is 1. The van der Waals surface area contributed by atoms with Crippen molar-refractivity contribution in [2.24, 2.45) is 0 Å². The van der Waals surface area contributed by atoms with Crippen LogP contribution in [0.25, 0.3) is 0 Å². The SMILES string of the molecule is CCCCCc1cc(O)c(C/C(C)=C(\C)CCC=C(C)C)c(OC)c1. The van der Waals surface area contributed by atoms with Crippen LogP contribution in [0.2, 0.25) is 0 Å². The van der Waals surface area contributed by atoms with Crippen LogP contribution in [0.15, 0.2) is 34.9 Å². The van der Waals surface area contributed by atoms with Crippen LogP contribution in [0.3, 0.4) is 0 Å². The third-order valence-corrected chi connectivity index (χ3v) is 4.78. The van der Waals surface area contributed by atoms with Crippen molar-refractivity contribution in [2.45, 2.75) is 79.6 Å². The van der Waals surface area contributed by atoms with Crippen molar-refractivity contribution in [1.82, 2.24) is 0 Å². The van der Waals surface area contributed by atoms with Crippen LogP contribution in [0.1, 0.15) is 77.8 Å². The Hall–Kier alpha value is -1.70. The number of phenols is 1. The Balaban J connectivity index is 2.91. The van der Waals surface area contributed by atoms with Crippen LogP contribution in [0.4, 0.5) is 0 Å². The third-order valence-electron chi connectivity index (χ3n) is 4.78. The lowest BCUT2D eigenvalue weighted by Crippen LogP contribution is -1.98. The molecule has 1 N–H and O–H groups in total. The van der Waals surface area contributed by atoms with Gasteiger partial charge in [-0.3, -0.25) is 0 Å². The zero-order chi connectivity index (χ0) is 18.8. The molecule has 1 aromatic rings. The lowest BCUT2D eigenvalue weighted by molar-refractivity contribution is 0.399. The first-order valence-corrected chi connectivity index (χ1v) is 9.56. The molecule has 2 nitrogen and oxygen atoms in total. The number of allylic oxidation sites excluding steroid dienone is 4. The van der Waals surface area contributed by atoms with Gasteiger partial charge in [0.25, 0.3) is 0 Å². The quantitative estimate of drug-likeness (QED) is 0.375. The molecule has 0 aliphatic heterocycles. The zero-order valence-corrected chi connectivity index (χ0v) is 17.0. The van der Waals surface area contributed by atoms with E-state index >= 15 is 0 Å². The van der Waals surface area contributed by atoms with E-state index in [1.54, 1.807) is 7.11 Å². The van der Waals surface area contributed by atoms with E-state index in [9.17, 15) is 5.11 Å². The van der Waals surface area contributed by atoms with E-state index in [2.05, 4.69) is 46.8 Å². The Morgan fingerprint density at radius 3 is 2.40 bits per heavy atom. The molecule has 0 bridgehead atoms. The van der Waals surface area contributed by atoms with Crippen molar-refractivity contribution in [3.05, 3.63) is 46.1 Å². The number of methoxy groups -OCH3 is 1. The molecule has 0 amide bonds. The summed E-state index contributed by atoms with van der Waals surface area (Å²) in [5, 5.41) is 10.5. The third kappa shape index (κ3) is 7.37. The minimum Gasteiger partial charge on any atom is -0.508 e. The zero-order valence-electron chi connectivity index (χ0n) is 17.0. The number of phenolic OH excluding ortho intramolecular Hbond substituents is 1. The van der Waals surface area contributed by atoms with Gasteiger partial charge in [0.1, 0.15) is 11.5 Å². The maximum Gasteiger partial charge on any atom is 0.126 e. The molecule has 0 heterocycles. The van der Waals surface area contributed by atoms with E-state index in [0.717, 1.165) is 49.0 Å². The molecule has 1 rings (SSSR count). The molecule has 0 saturated heterocycles. The molecule has 0 unspecified atom stereocenters. The number of aryl methyl sites for hydroxylation is 1. The highest BCUT2D eigenvalue weighted by Crippen LogP contribution is 2.33. The van der Waals surface area contributed by atoms with Crippen LogP contribution in [0, 0.1) is 0 Å². The fraction of sp³-hybridized carbons (Fsp3) is 0.565. The summed E-state index contributed by atoms with van der Waals surface area (Å²) in [6.07, 6.45) is 9.73. The molecule has 140 valence electrons. The van der Waals surface area contributed by atoms with Gasteiger partial charge in [-0.2, -0.15) is 0 Å². The second-order valence-electron chi connectivity index (χ2n) is 7.31. The Morgan fingerprint density at radius 1 is 1.08 bits per heavy atom. The summed E-state index contributed by atoms with van der Waals surface area (Å²) in [6.45, 7) is 10.8. The molecule has 0 fully saturated rings. The van der Waals surface area contributed by atoms with Gasteiger partial charge in [-0.15, -0.1) is 0 Å². The Kier molecular flexibility index (Phi) is 9.41. The number of ether oxygens (including phenoxy) is 1. The van der Waals surface area contributed by atoms with Crippen molar-refractivity contribution in [3.63, 3.8) is 0 Å². The first-order chi connectivity index (χ1) is 11.9. The fourth-order valence-electron chi connectivity index (χ4n) is 2.98. The molecule has 2 heteroatoms. The van der Waals surface area contributed by atoms with Gasteiger partial charge in [0.05, 0.1) is 7.11 Å². The number of rotatable bonds is 10. The van der Waals surface area contributed by atoms with E-state index in [1.807, 2.05) is 6.07 Å². The Labute approximate surface area is 154 Å². The van der Waals surface area contributed by atoms with Crippen molar-refractivity contribution < 1.29 is 9.84 Å². The predicted octanol–water partition coefficient (Wildman–Crippen LogP) is 6.76. The molecule has 0 atom stereocenters.